The Morgan fingerprint density at radius 2 is 1.67 bits per heavy atom. The van der Waals surface area contributed by atoms with Gasteiger partial charge < -0.3 is 23.7 Å². The van der Waals surface area contributed by atoms with E-state index in [0.29, 0.717) is 45.9 Å². The van der Waals surface area contributed by atoms with Crippen molar-refractivity contribution in [3.05, 3.63) is 0 Å². The third-order valence-electron chi connectivity index (χ3n) is 1.82. The predicted octanol–water partition coefficient (Wildman–Crippen LogP) is 0.429. The summed E-state index contributed by atoms with van der Waals surface area (Å²) in [6, 6.07) is 0. The Balaban J connectivity index is 1.62. The van der Waals surface area contributed by atoms with Gasteiger partial charge in [0.25, 0.3) is 0 Å². The molecule has 1 saturated heterocycles. The largest absolute Gasteiger partial charge is 0.379 e. The number of rotatable bonds is 11. The minimum absolute atomic E-state index is 0.302. The molecule has 0 amide bonds. The highest BCUT2D eigenvalue weighted by atomic mass is 16.7. The minimum atomic E-state index is 0.302. The van der Waals surface area contributed by atoms with Gasteiger partial charge in [-0.2, -0.15) is 0 Å². The lowest BCUT2D eigenvalue weighted by Gasteiger charge is -2.05. The Morgan fingerprint density at radius 3 is 2.33 bits per heavy atom. The molecular weight excluding hydrogens is 200 g/mol. The second kappa shape index (κ2) is 9.06. The highest BCUT2D eigenvalue weighted by molar-refractivity contribution is 4.66. The van der Waals surface area contributed by atoms with Crippen LogP contribution in [-0.2, 0) is 23.7 Å². The molecule has 5 heteroatoms. The van der Waals surface area contributed by atoms with E-state index in [1.165, 1.54) is 0 Å². The fourth-order valence-electron chi connectivity index (χ4n) is 0.944. The average Bonchev–Trinajstić information content (AvgIpc) is 3.05. The smallest absolute Gasteiger partial charge is 0.146 e. The zero-order valence-electron chi connectivity index (χ0n) is 9.28. The minimum Gasteiger partial charge on any atom is -0.379 e. The maximum atomic E-state index is 5.25. The molecule has 1 unspecified atom stereocenters. The van der Waals surface area contributed by atoms with Gasteiger partial charge in [-0.25, -0.2) is 0 Å². The molecule has 1 aliphatic rings. The van der Waals surface area contributed by atoms with Crippen molar-refractivity contribution in [1.82, 2.24) is 0 Å². The van der Waals surface area contributed by atoms with Crippen LogP contribution >= 0.6 is 0 Å². The van der Waals surface area contributed by atoms with Crippen molar-refractivity contribution in [3.8, 4) is 0 Å². The Hall–Kier alpha value is -0.200. The highest BCUT2D eigenvalue weighted by Crippen LogP contribution is 2.07. The summed E-state index contributed by atoms with van der Waals surface area (Å²) in [6.07, 6.45) is 0.302. The van der Waals surface area contributed by atoms with Gasteiger partial charge in [0, 0.05) is 6.61 Å². The Morgan fingerprint density at radius 1 is 1.00 bits per heavy atom. The van der Waals surface area contributed by atoms with Gasteiger partial charge in [-0.1, -0.05) is 0 Å². The second-order valence-corrected chi connectivity index (χ2v) is 3.16. The first-order valence-corrected chi connectivity index (χ1v) is 5.36. The molecule has 1 rings (SSSR count). The van der Waals surface area contributed by atoms with Crippen molar-refractivity contribution in [2.24, 2.45) is 0 Å². The van der Waals surface area contributed by atoms with Crippen LogP contribution in [0.25, 0.3) is 0 Å². The molecule has 0 saturated carbocycles. The SMILES string of the molecule is CCOCCOCCOCOCC1CO1. The van der Waals surface area contributed by atoms with Crippen molar-refractivity contribution in [2.45, 2.75) is 13.0 Å². The summed E-state index contributed by atoms with van der Waals surface area (Å²) >= 11 is 0. The molecule has 0 aromatic rings. The molecule has 0 radical (unpaired) electrons. The molecule has 0 aliphatic carbocycles. The molecule has 1 heterocycles. The van der Waals surface area contributed by atoms with Gasteiger partial charge in [0.05, 0.1) is 39.6 Å². The van der Waals surface area contributed by atoms with Crippen LogP contribution in [-0.4, -0.2) is 59.1 Å². The van der Waals surface area contributed by atoms with Crippen molar-refractivity contribution in [1.29, 1.82) is 0 Å². The molecule has 0 aromatic carbocycles. The predicted molar refractivity (Wildman–Crippen MR) is 53.8 cm³/mol. The molecular formula is C10H20O5. The van der Waals surface area contributed by atoms with E-state index in [0.717, 1.165) is 13.2 Å². The Bertz CT molecular complexity index is 138. The van der Waals surface area contributed by atoms with E-state index in [-0.39, 0.29) is 0 Å². The van der Waals surface area contributed by atoms with Gasteiger partial charge in [-0.3, -0.25) is 0 Å². The summed E-state index contributed by atoms with van der Waals surface area (Å²) in [5, 5.41) is 0. The summed E-state index contributed by atoms with van der Waals surface area (Å²) in [5.74, 6) is 0. The van der Waals surface area contributed by atoms with Crippen molar-refractivity contribution in [2.75, 3.05) is 53.0 Å². The van der Waals surface area contributed by atoms with Crippen LogP contribution in [0.1, 0.15) is 6.92 Å². The topological polar surface area (TPSA) is 49.5 Å². The third-order valence-corrected chi connectivity index (χ3v) is 1.82. The molecule has 5 nitrogen and oxygen atoms in total. The van der Waals surface area contributed by atoms with E-state index in [1.54, 1.807) is 0 Å². The molecule has 0 spiro atoms. The van der Waals surface area contributed by atoms with Gasteiger partial charge in [-0.05, 0) is 6.92 Å². The van der Waals surface area contributed by atoms with Gasteiger partial charge >= 0.3 is 0 Å². The first kappa shape index (κ1) is 12.9. The van der Waals surface area contributed by atoms with Crippen LogP contribution in [0.15, 0.2) is 0 Å². The monoisotopic (exact) mass is 220 g/mol. The summed E-state index contributed by atoms with van der Waals surface area (Å²) in [4.78, 5) is 0. The molecule has 1 fully saturated rings. The number of ether oxygens (including phenoxy) is 5. The molecule has 15 heavy (non-hydrogen) atoms. The second-order valence-electron chi connectivity index (χ2n) is 3.16. The molecule has 0 aromatic heterocycles. The molecule has 90 valence electrons. The molecule has 0 bridgehead atoms. The fraction of sp³-hybridized carbons (Fsp3) is 1.00. The van der Waals surface area contributed by atoms with E-state index in [1.807, 2.05) is 6.92 Å². The van der Waals surface area contributed by atoms with Crippen molar-refractivity contribution >= 4 is 0 Å². The summed E-state index contributed by atoms with van der Waals surface area (Å²) in [6.45, 7) is 6.86. The summed E-state index contributed by atoms with van der Waals surface area (Å²) in [7, 11) is 0. The maximum absolute atomic E-state index is 5.25. The summed E-state index contributed by atoms with van der Waals surface area (Å²) < 4.78 is 25.7. The number of hydrogen-bond acceptors (Lipinski definition) is 5. The van der Waals surface area contributed by atoms with E-state index in [2.05, 4.69) is 0 Å². The number of hydrogen-bond donors (Lipinski definition) is 0. The first-order chi connectivity index (χ1) is 7.43. The lowest BCUT2D eigenvalue weighted by Crippen LogP contribution is -2.11. The lowest BCUT2D eigenvalue weighted by molar-refractivity contribution is -0.0749. The van der Waals surface area contributed by atoms with Crippen LogP contribution in [0.2, 0.25) is 0 Å². The van der Waals surface area contributed by atoms with Gasteiger partial charge in [-0.15, -0.1) is 0 Å². The van der Waals surface area contributed by atoms with Crippen molar-refractivity contribution in [3.63, 3.8) is 0 Å². The number of epoxide rings is 1. The fourth-order valence-corrected chi connectivity index (χ4v) is 0.944. The zero-order chi connectivity index (χ0) is 10.8. The van der Waals surface area contributed by atoms with Gasteiger partial charge in [0.2, 0.25) is 0 Å². The third kappa shape index (κ3) is 8.77. The van der Waals surface area contributed by atoms with Crippen LogP contribution in [0, 0.1) is 0 Å². The molecule has 1 aliphatic heterocycles. The zero-order valence-corrected chi connectivity index (χ0v) is 9.28. The van der Waals surface area contributed by atoms with Crippen LogP contribution in [0.3, 0.4) is 0 Å². The maximum Gasteiger partial charge on any atom is 0.146 e. The first-order valence-electron chi connectivity index (χ1n) is 5.36. The van der Waals surface area contributed by atoms with Crippen LogP contribution < -0.4 is 0 Å². The highest BCUT2D eigenvalue weighted by Gasteiger charge is 2.21. The summed E-state index contributed by atoms with van der Waals surface area (Å²) in [5.41, 5.74) is 0. The molecule has 0 N–H and O–H groups in total. The quantitative estimate of drug-likeness (QED) is 0.287. The van der Waals surface area contributed by atoms with Crippen LogP contribution in [0.5, 0.6) is 0 Å². The van der Waals surface area contributed by atoms with Gasteiger partial charge in [0.15, 0.2) is 0 Å². The van der Waals surface area contributed by atoms with E-state index in [9.17, 15) is 0 Å². The Kier molecular flexibility index (Phi) is 7.77. The van der Waals surface area contributed by atoms with E-state index >= 15 is 0 Å². The normalized spacial score (nSPS) is 19.4. The lowest BCUT2D eigenvalue weighted by atomic mass is 10.5. The van der Waals surface area contributed by atoms with E-state index in [4.69, 9.17) is 23.7 Å². The average molecular weight is 220 g/mol. The van der Waals surface area contributed by atoms with Crippen LogP contribution in [0.4, 0.5) is 0 Å². The molecule has 1 atom stereocenters. The van der Waals surface area contributed by atoms with Gasteiger partial charge in [0.1, 0.15) is 12.9 Å². The standard InChI is InChI=1S/C10H20O5/c1-2-11-3-4-12-5-6-13-9-14-7-10-8-15-10/h10H,2-9H2,1H3. The van der Waals surface area contributed by atoms with Crippen molar-refractivity contribution < 1.29 is 23.7 Å². The van der Waals surface area contributed by atoms with E-state index < -0.39 is 0 Å². The Labute approximate surface area is 90.6 Å².